The second-order valence-electron chi connectivity index (χ2n) is 5.36. The number of hydrogen-bond acceptors (Lipinski definition) is 4. The van der Waals surface area contributed by atoms with Crippen LogP contribution in [-0.2, 0) is 5.75 Å². The summed E-state index contributed by atoms with van der Waals surface area (Å²) in [5.74, 6) is 2.75. The standard InChI is InChI=1S/C16H18BrN3S/c17-12-6-3-7-13(8-12)21-10-16-19-14(9-15(18)20-16)11-4-1-2-5-11/h3,6-9,11H,1-2,4-5,10H2,(H2,18,19,20). The van der Waals surface area contributed by atoms with Crippen LogP contribution in [0.5, 0.6) is 0 Å². The van der Waals surface area contributed by atoms with Crippen LogP contribution in [0.1, 0.15) is 43.1 Å². The molecule has 0 spiro atoms. The average Bonchev–Trinajstić information content (AvgIpc) is 2.99. The van der Waals surface area contributed by atoms with Crippen molar-refractivity contribution in [3.05, 3.63) is 46.3 Å². The molecule has 2 N–H and O–H groups in total. The molecule has 0 amide bonds. The van der Waals surface area contributed by atoms with E-state index in [2.05, 4.69) is 33.0 Å². The Morgan fingerprint density at radius 1 is 1.19 bits per heavy atom. The Morgan fingerprint density at radius 3 is 2.76 bits per heavy atom. The highest BCUT2D eigenvalue weighted by Gasteiger charge is 2.19. The highest BCUT2D eigenvalue weighted by molar-refractivity contribution is 9.10. The minimum absolute atomic E-state index is 0.574. The molecule has 21 heavy (non-hydrogen) atoms. The van der Waals surface area contributed by atoms with E-state index >= 15 is 0 Å². The molecule has 0 unspecified atom stereocenters. The maximum Gasteiger partial charge on any atom is 0.141 e. The van der Waals surface area contributed by atoms with Crippen LogP contribution in [0.15, 0.2) is 39.7 Å². The van der Waals surface area contributed by atoms with Gasteiger partial charge in [0.05, 0.1) is 5.75 Å². The van der Waals surface area contributed by atoms with Gasteiger partial charge in [0.1, 0.15) is 11.6 Å². The van der Waals surface area contributed by atoms with Crippen molar-refractivity contribution in [2.24, 2.45) is 0 Å². The van der Waals surface area contributed by atoms with Gasteiger partial charge in [-0.2, -0.15) is 0 Å². The number of rotatable bonds is 4. The van der Waals surface area contributed by atoms with Gasteiger partial charge in [-0.05, 0) is 31.0 Å². The van der Waals surface area contributed by atoms with Crippen molar-refractivity contribution in [3.63, 3.8) is 0 Å². The number of aromatic nitrogens is 2. The molecular weight excluding hydrogens is 346 g/mol. The van der Waals surface area contributed by atoms with Crippen LogP contribution in [-0.4, -0.2) is 9.97 Å². The molecule has 0 aliphatic heterocycles. The second-order valence-corrected chi connectivity index (χ2v) is 7.33. The number of hydrogen-bond donors (Lipinski definition) is 1. The van der Waals surface area contributed by atoms with E-state index in [4.69, 9.17) is 10.7 Å². The quantitative estimate of drug-likeness (QED) is 0.794. The van der Waals surface area contributed by atoms with Gasteiger partial charge < -0.3 is 5.73 Å². The third kappa shape index (κ3) is 3.98. The summed E-state index contributed by atoms with van der Waals surface area (Å²) in [6, 6.07) is 10.2. The van der Waals surface area contributed by atoms with Crippen LogP contribution in [0, 0.1) is 0 Å². The molecule has 0 saturated heterocycles. The molecule has 1 saturated carbocycles. The first kappa shape index (κ1) is 14.9. The number of halogens is 1. The van der Waals surface area contributed by atoms with Crippen molar-refractivity contribution in [2.45, 2.75) is 42.2 Å². The lowest BCUT2D eigenvalue weighted by Gasteiger charge is -2.11. The number of thioether (sulfide) groups is 1. The predicted octanol–water partition coefficient (Wildman–Crippen LogP) is 4.77. The van der Waals surface area contributed by atoms with Crippen molar-refractivity contribution in [1.29, 1.82) is 0 Å². The number of anilines is 1. The van der Waals surface area contributed by atoms with Crippen molar-refractivity contribution >= 4 is 33.5 Å². The van der Waals surface area contributed by atoms with Gasteiger partial charge in [0, 0.05) is 27.0 Å². The Bertz CT molecular complexity index is 627. The first-order valence-corrected chi connectivity index (χ1v) is 9.00. The van der Waals surface area contributed by atoms with Gasteiger partial charge in [-0.1, -0.05) is 34.8 Å². The van der Waals surface area contributed by atoms with E-state index in [-0.39, 0.29) is 0 Å². The van der Waals surface area contributed by atoms with Crippen LogP contribution in [0.2, 0.25) is 0 Å². The molecule has 1 aliphatic carbocycles. The van der Waals surface area contributed by atoms with Crippen molar-refractivity contribution in [1.82, 2.24) is 9.97 Å². The molecule has 0 radical (unpaired) electrons. The Hall–Kier alpha value is -1.07. The fourth-order valence-corrected chi connectivity index (χ4v) is 4.10. The normalized spacial score (nSPS) is 15.5. The van der Waals surface area contributed by atoms with Gasteiger partial charge in [0.25, 0.3) is 0 Å². The molecule has 1 heterocycles. The molecule has 2 aromatic rings. The van der Waals surface area contributed by atoms with E-state index in [1.807, 2.05) is 18.2 Å². The summed E-state index contributed by atoms with van der Waals surface area (Å²) < 4.78 is 1.09. The Balaban J connectivity index is 1.72. The van der Waals surface area contributed by atoms with E-state index in [9.17, 15) is 0 Å². The van der Waals surface area contributed by atoms with Crippen LogP contribution in [0.25, 0.3) is 0 Å². The van der Waals surface area contributed by atoms with Crippen molar-refractivity contribution in [2.75, 3.05) is 5.73 Å². The highest BCUT2D eigenvalue weighted by Crippen LogP contribution is 2.34. The minimum Gasteiger partial charge on any atom is -0.384 e. The Kier molecular flexibility index (Phi) is 4.80. The molecule has 1 aromatic carbocycles. The van der Waals surface area contributed by atoms with Crippen LogP contribution in [0.4, 0.5) is 5.82 Å². The van der Waals surface area contributed by atoms with E-state index in [0.717, 1.165) is 21.7 Å². The predicted molar refractivity (Wildman–Crippen MR) is 91.4 cm³/mol. The van der Waals surface area contributed by atoms with E-state index in [0.29, 0.717) is 11.7 Å². The summed E-state index contributed by atoms with van der Waals surface area (Å²) in [6.45, 7) is 0. The molecule has 1 fully saturated rings. The van der Waals surface area contributed by atoms with Crippen LogP contribution >= 0.6 is 27.7 Å². The molecule has 1 aromatic heterocycles. The van der Waals surface area contributed by atoms with Gasteiger partial charge in [-0.3, -0.25) is 0 Å². The molecular formula is C16H18BrN3S. The summed E-state index contributed by atoms with van der Waals surface area (Å²) in [6.07, 6.45) is 5.07. The molecule has 0 bridgehead atoms. The summed E-state index contributed by atoms with van der Waals surface area (Å²) in [4.78, 5) is 10.3. The summed E-state index contributed by atoms with van der Waals surface area (Å²) in [5.41, 5.74) is 7.08. The number of nitrogen functional groups attached to an aromatic ring is 1. The largest absolute Gasteiger partial charge is 0.384 e. The summed E-state index contributed by atoms with van der Waals surface area (Å²) in [7, 11) is 0. The van der Waals surface area contributed by atoms with Gasteiger partial charge >= 0.3 is 0 Å². The van der Waals surface area contributed by atoms with Gasteiger partial charge in [0.2, 0.25) is 0 Å². The molecule has 3 nitrogen and oxygen atoms in total. The molecule has 110 valence electrons. The van der Waals surface area contributed by atoms with Crippen LogP contribution in [0.3, 0.4) is 0 Å². The SMILES string of the molecule is Nc1cc(C2CCCC2)nc(CSc2cccc(Br)c2)n1. The van der Waals surface area contributed by atoms with Gasteiger partial charge in [-0.15, -0.1) is 11.8 Å². The van der Waals surface area contributed by atoms with Crippen molar-refractivity contribution in [3.8, 4) is 0 Å². The lowest BCUT2D eigenvalue weighted by Crippen LogP contribution is -2.05. The molecule has 0 atom stereocenters. The molecule has 5 heteroatoms. The third-order valence-electron chi connectivity index (χ3n) is 3.75. The Morgan fingerprint density at radius 2 is 2.00 bits per heavy atom. The topological polar surface area (TPSA) is 51.8 Å². The maximum atomic E-state index is 5.95. The first-order valence-electron chi connectivity index (χ1n) is 7.22. The highest BCUT2D eigenvalue weighted by atomic mass is 79.9. The summed E-state index contributed by atoms with van der Waals surface area (Å²) >= 11 is 5.23. The maximum absolute atomic E-state index is 5.95. The van der Waals surface area contributed by atoms with Crippen molar-refractivity contribution < 1.29 is 0 Å². The van der Waals surface area contributed by atoms with E-state index < -0.39 is 0 Å². The lowest BCUT2D eigenvalue weighted by atomic mass is 10.0. The average molecular weight is 364 g/mol. The monoisotopic (exact) mass is 363 g/mol. The van der Waals surface area contributed by atoms with Crippen LogP contribution < -0.4 is 5.73 Å². The zero-order valence-corrected chi connectivity index (χ0v) is 14.2. The Labute approximate surface area is 137 Å². The molecule has 1 aliphatic rings. The minimum atomic E-state index is 0.574. The lowest BCUT2D eigenvalue weighted by molar-refractivity contribution is 0.689. The zero-order chi connectivity index (χ0) is 14.7. The van der Waals surface area contributed by atoms with Gasteiger partial charge in [-0.25, -0.2) is 9.97 Å². The van der Waals surface area contributed by atoms with E-state index in [1.165, 1.54) is 30.6 Å². The second kappa shape index (κ2) is 6.79. The number of benzene rings is 1. The van der Waals surface area contributed by atoms with E-state index in [1.54, 1.807) is 11.8 Å². The fraction of sp³-hybridized carbons (Fsp3) is 0.375. The smallest absolute Gasteiger partial charge is 0.141 e. The first-order chi connectivity index (χ1) is 10.2. The summed E-state index contributed by atoms with van der Waals surface area (Å²) in [5, 5.41) is 0. The fourth-order valence-electron chi connectivity index (χ4n) is 2.74. The zero-order valence-electron chi connectivity index (χ0n) is 11.8. The molecule has 3 rings (SSSR count). The third-order valence-corrected chi connectivity index (χ3v) is 5.23. The van der Waals surface area contributed by atoms with Gasteiger partial charge in [0.15, 0.2) is 0 Å². The number of nitrogens with two attached hydrogens (primary N) is 1. The number of nitrogens with zero attached hydrogens (tertiary/aromatic N) is 2.